The maximum absolute atomic E-state index is 10.8. The van der Waals surface area contributed by atoms with E-state index in [4.69, 9.17) is 16.7 Å². The van der Waals surface area contributed by atoms with Crippen LogP contribution >= 0.6 is 11.6 Å². The summed E-state index contributed by atoms with van der Waals surface area (Å²) in [6.07, 6.45) is 1.02. The number of carboxylic acid groups (broad SMARTS) is 1. The maximum Gasteiger partial charge on any atom is 0.337 e. The second-order valence-corrected chi connectivity index (χ2v) is 4.49. The van der Waals surface area contributed by atoms with Gasteiger partial charge in [0.15, 0.2) is 0 Å². The highest BCUT2D eigenvalue weighted by atomic mass is 35.5. The first kappa shape index (κ1) is 13.8. The first-order chi connectivity index (χ1) is 8.00. The van der Waals surface area contributed by atoms with Crippen molar-refractivity contribution in [2.24, 2.45) is 0 Å². The fraction of sp³-hybridized carbons (Fsp3) is 0.417. The van der Waals surface area contributed by atoms with E-state index in [2.05, 4.69) is 10.2 Å². The molecule has 0 saturated carbocycles. The molecule has 5 heteroatoms. The average molecular weight is 257 g/mol. The molecule has 0 aliphatic rings. The molecule has 17 heavy (non-hydrogen) atoms. The summed E-state index contributed by atoms with van der Waals surface area (Å²) in [4.78, 5) is 12.9. The molecule has 2 N–H and O–H groups in total. The van der Waals surface area contributed by atoms with Crippen molar-refractivity contribution in [1.29, 1.82) is 0 Å². The van der Waals surface area contributed by atoms with Gasteiger partial charge in [-0.3, -0.25) is 0 Å². The van der Waals surface area contributed by atoms with Gasteiger partial charge in [-0.25, -0.2) is 4.79 Å². The number of benzene rings is 1. The molecule has 0 spiro atoms. The Morgan fingerprint density at radius 1 is 1.47 bits per heavy atom. The Balaban J connectivity index is 2.50. The van der Waals surface area contributed by atoms with Crippen LogP contribution in [-0.2, 0) is 0 Å². The average Bonchev–Trinajstić information content (AvgIpc) is 2.23. The molecule has 0 aliphatic carbocycles. The lowest BCUT2D eigenvalue weighted by Crippen LogP contribution is -2.16. The van der Waals surface area contributed by atoms with Crippen LogP contribution in [-0.4, -0.2) is 43.2 Å². The summed E-state index contributed by atoms with van der Waals surface area (Å²) in [5.41, 5.74) is 0.976. The molecular weight excluding hydrogens is 240 g/mol. The van der Waals surface area contributed by atoms with Crippen molar-refractivity contribution >= 4 is 23.3 Å². The number of halogens is 1. The Labute approximate surface area is 106 Å². The summed E-state index contributed by atoms with van der Waals surface area (Å²) in [6, 6.07) is 4.88. The van der Waals surface area contributed by atoms with Crippen LogP contribution in [0, 0.1) is 0 Å². The van der Waals surface area contributed by atoms with Gasteiger partial charge in [-0.05, 0) is 45.3 Å². The molecule has 0 bridgehead atoms. The van der Waals surface area contributed by atoms with Crippen molar-refractivity contribution in [2.75, 3.05) is 32.5 Å². The Bertz CT molecular complexity index is 394. The van der Waals surface area contributed by atoms with Crippen molar-refractivity contribution in [2.45, 2.75) is 6.42 Å². The van der Waals surface area contributed by atoms with E-state index in [9.17, 15) is 4.79 Å². The number of aromatic carboxylic acids is 1. The van der Waals surface area contributed by atoms with Gasteiger partial charge in [-0.15, -0.1) is 0 Å². The Morgan fingerprint density at radius 3 is 2.71 bits per heavy atom. The second kappa shape index (κ2) is 6.47. The van der Waals surface area contributed by atoms with E-state index in [1.807, 2.05) is 14.1 Å². The molecule has 0 aromatic heterocycles. The zero-order valence-corrected chi connectivity index (χ0v) is 10.8. The number of anilines is 1. The molecule has 1 aromatic carbocycles. The van der Waals surface area contributed by atoms with Gasteiger partial charge in [-0.1, -0.05) is 11.6 Å². The first-order valence-electron chi connectivity index (χ1n) is 5.42. The normalized spacial score (nSPS) is 10.6. The van der Waals surface area contributed by atoms with E-state index in [0.29, 0.717) is 0 Å². The molecule has 1 rings (SSSR count). The van der Waals surface area contributed by atoms with Crippen LogP contribution in [0.1, 0.15) is 16.8 Å². The van der Waals surface area contributed by atoms with Crippen LogP contribution < -0.4 is 5.32 Å². The Morgan fingerprint density at radius 2 is 2.18 bits per heavy atom. The monoisotopic (exact) mass is 256 g/mol. The van der Waals surface area contributed by atoms with Crippen molar-refractivity contribution in [3.05, 3.63) is 28.8 Å². The van der Waals surface area contributed by atoms with E-state index in [-0.39, 0.29) is 10.6 Å². The highest BCUT2D eigenvalue weighted by Crippen LogP contribution is 2.20. The Hall–Kier alpha value is -1.26. The molecule has 0 radical (unpaired) electrons. The molecule has 0 fully saturated rings. The lowest BCUT2D eigenvalue weighted by atomic mass is 10.2. The van der Waals surface area contributed by atoms with E-state index < -0.39 is 5.97 Å². The minimum atomic E-state index is -1.01. The van der Waals surface area contributed by atoms with Crippen molar-refractivity contribution in [1.82, 2.24) is 4.90 Å². The van der Waals surface area contributed by atoms with Crippen LogP contribution in [0.5, 0.6) is 0 Å². The van der Waals surface area contributed by atoms with Gasteiger partial charge in [0.25, 0.3) is 0 Å². The number of carboxylic acids is 1. The maximum atomic E-state index is 10.8. The SMILES string of the molecule is CN(C)CCCNc1ccc(C(=O)O)c(Cl)c1. The summed E-state index contributed by atoms with van der Waals surface area (Å²) in [5.74, 6) is -1.01. The quantitative estimate of drug-likeness (QED) is 0.768. The molecule has 0 heterocycles. The lowest BCUT2D eigenvalue weighted by Gasteiger charge is -2.11. The van der Waals surface area contributed by atoms with Crippen molar-refractivity contribution in [3.63, 3.8) is 0 Å². The number of hydrogen-bond donors (Lipinski definition) is 2. The molecule has 0 aliphatic heterocycles. The summed E-state index contributed by atoms with van der Waals surface area (Å²) < 4.78 is 0. The third kappa shape index (κ3) is 4.63. The van der Waals surface area contributed by atoms with E-state index in [1.165, 1.54) is 6.07 Å². The summed E-state index contributed by atoms with van der Waals surface area (Å²) in [7, 11) is 4.05. The lowest BCUT2D eigenvalue weighted by molar-refractivity contribution is 0.0697. The van der Waals surface area contributed by atoms with Gasteiger partial charge in [0.1, 0.15) is 0 Å². The van der Waals surface area contributed by atoms with Crippen LogP contribution in [0.15, 0.2) is 18.2 Å². The molecule has 0 saturated heterocycles. The van der Waals surface area contributed by atoms with E-state index >= 15 is 0 Å². The van der Waals surface area contributed by atoms with Crippen LogP contribution in [0.3, 0.4) is 0 Å². The third-order valence-electron chi connectivity index (χ3n) is 2.31. The minimum absolute atomic E-state index is 0.130. The van der Waals surface area contributed by atoms with Crippen molar-refractivity contribution in [3.8, 4) is 0 Å². The summed E-state index contributed by atoms with van der Waals surface area (Å²) >= 11 is 5.86. The zero-order chi connectivity index (χ0) is 12.8. The third-order valence-corrected chi connectivity index (χ3v) is 2.62. The predicted molar refractivity (Wildman–Crippen MR) is 70.1 cm³/mol. The highest BCUT2D eigenvalue weighted by molar-refractivity contribution is 6.33. The Kier molecular flexibility index (Phi) is 5.25. The smallest absolute Gasteiger partial charge is 0.337 e. The molecule has 1 aromatic rings. The summed E-state index contributed by atoms with van der Waals surface area (Å²) in [6.45, 7) is 1.84. The van der Waals surface area contributed by atoms with Crippen LogP contribution in [0.25, 0.3) is 0 Å². The predicted octanol–water partition coefficient (Wildman–Crippen LogP) is 2.40. The van der Waals surface area contributed by atoms with Crippen molar-refractivity contribution < 1.29 is 9.90 Å². The number of hydrogen-bond acceptors (Lipinski definition) is 3. The van der Waals surface area contributed by atoms with Crippen LogP contribution in [0.4, 0.5) is 5.69 Å². The van der Waals surface area contributed by atoms with Gasteiger partial charge in [0.05, 0.1) is 10.6 Å². The van der Waals surface area contributed by atoms with Gasteiger partial charge in [0, 0.05) is 12.2 Å². The van der Waals surface area contributed by atoms with Gasteiger partial charge < -0.3 is 15.3 Å². The topological polar surface area (TPSA) is 52.6 Å². The molecule has 94 valence electrons. The summed E-state index contributed by atoms with van der Waals surface area (Å²) in [5, 5.41) is 12.3. The molecule has 0 amide bonds. The fourth-order valence-electron chi connectivity index (χ4n) is 1.43. The van der Waals surface area contributed by atoms with E-state index in [0.717, 1.165) is 25.2 Å². The number of rotatable bonds is 6. The molecular formula is C12H17ClN2O2. The van der Waals surface area contributed by atoms with Gasteiger partial charge in [-0.2, -0.15) is 0 Å². The zero-order valence-electron chi connectivity index (χ0n) is 10.0. The molecule has 0 unspecified atom stereocenters. The molecule has 4 nitrogen and oxygen atoms in total. The van der Waals surface area contributed by atoms with Crippen LogP contribution in [0.2, 0.25) is 5.02 Å². The fourth-order valence-corrected chi connectivity index (χ4v) is 1.69. The largest absolute Gasteiger partial charge is 0.478 e. The number of nitrogens with one attached hydrogen (secondary N) is 1. The second-order valence-electron chi connectivity index (χ2n) is 4.08. The standard InChI is InChI=1S/C12H17ClN2O2/c1-15(2)7-3-6-14-9-4-5-10(12(16)17)11(13)8-9/h4-5,8,14H,3,6-7H2,1-2H3,(H,16,17). The number of nitrogens with zero attached hydrogens (tertiary/aromatic N) is 1. The minimum Gasteiger partial charge on any atom is -0.478 e. The number of carbonyl (C=O) groups is 1. The van der Waals surface area contributed by atoms with Gasteiger partial charge in [0.2, 0.25) is 0 Å². The van der Waals surface area contributed by atoms with E-state index in [1.54, 1.807) is 12.1 Å². The van der Waals surface area contributed by atoms with Gasteiger partial charge >= 0.3 is 5.97 Å². The highest BCUT2D eigenvalue weighted by Gasteiger charge is 2.08. The first-order valence-corrected chi connectivity index (χ1v) is 5.80. The molecule has 0 atom stereocenters.